The summed E-state index contributed by atoms with van der Waals surface area (Å²) in [7, 11) is 0. The van der Waals surface area contributed by atoms with Gasteiger partial charge in [0.15, 0.2) is 0 Å². The highest BCUT2D eigenvalue weighted by Gasteiger charge is 2.17. The van der Waals surface area contributed by atoms with Gasteiger partial charge in [0.1, 0.15) is 5.01 Å². The maximum Gasteiger partial charge on any atom is 0.109 e. The van der Waals surface area contributed by atoms with Gasteiger partial charge in [-0.25, -0.2) is 4.98 Å². The van der Waals surface area contributed by atoms with Crippen molar-refractivity contribution in [3.63, 3.8) is 0 Å². The average Bonchev–Trinajstić information content (AvgIpc) is 2.67. The van der Waals surface area contributed by atoms with Gasteiger partial charge in [-0.3, -0.25) is 0 Å². The zero-order chi connectivity index (χ0) is 10.6. The Kier molecular flexibility index (Phi) is 4.41. The zero-order valence-corrected chi connectivity index (χ0v) is 10.8. The van der Waals surface area contributed by atoms with Crippen molar-refractivity contribution in [3.05, 3.63) is 16.6 Å². The lowest BCUT2D eigenvalue weighted by atomic mass is 10.2. The Labute approximate surface area is 94.5 Å². The fraction of sp³-hybridized carbons (Fsp3) is 0.700. The Morgan fingerprint density at radius 2 is 2.36 bits per heavy atom. The molecule has 1 rings (SSSR count). The first-order valence-corrected chi connectivity index (χ1v) is 6.83. The second-order valence-electron chi connectivity index (χ2n) is 3.94. The second kappa shape index (κ2) is 5.14. The third kappa shape index (κ3) is 3.59. The smallest absolute Gasteiger partial charge is 0.109 e. The highest BCUT2D eigenvalue weighted by molar-refractivity contribution is 7.99. The number of nitrogens with zero attached hydrogens (tertiary/aromatic N) is 1. The van der Waals surface area contributed by atoms with Gasteiger partial charge in [0.2, 0.25) is 0 Å². The summed E-state index contributed by atoms with van der Waals surface area (Å²) in [6, 6.07) is 0.362. The number of aromatic nitrogens is 1. The first kappa shape index (κ1) is 12.0. The molecule has 0 bridgehead atoms. The van der Waals surface area contributed by atoms with E-state index >= 15 is 0 Å². The molecule has 1 N–H and O–H groups in total. The summed E-state index contributed by atoms with van der Waals surface area (Å²) in [5.74, 6) is 0. The van der Waals surface area contributed by atoms with Crippen LogP contribution in [0.25, 0.3) is 0 Å². The first-order chi connectivity index (χ1) is 6.55. The highest BCUT2D eigenvalue weighted by Crippen LogP contribution is 2.22. The molecule has 0 amide bonds. The van der Waals surface area contributed by atoms with E-state index in [1.165, 1.54) is 5.01 Å². The van der Waals surface area contributed by atoms with Crippen LogP contribution >= 0.6 is 23.1 Å². The summed E-state index contributed by atoms with van der Waals surface area (Å²) >= 11 is 3.60. The van der Waals surface area contributed by atoms with Crippen LogP contribution in [0.2, 0.25) is 0 Å². The summed E-state index contributed by atoms with van der Waals surface area (Å²) in [5.41, 5.74) is 0. The number of thiazole rings is 1. The first-order valence-electron chi connectivity index (χ1n) is 4.73. The molecule has 80 valence electrons. The van der Waals surface area contributed by atoms with E-state index in [0.717, 1.165) is 6.54 Å². The van der Waals surface area contributed by atoms with E-state index in [1.54, 1.807) is 11.3 Å². The fourth-order valence-corrected chi connectivity index (χ4v) is 1.90. The SMILES string of the molecule is CSC(C)(C)CNC(C)c1nccs1. The molecule has 0 spiro atoms. The summed E-state index contributed by atoms with van der Waals surface area (Å²) < 4.78 is 0.297. The molecule has 14 heavy (non-hydrogen) atoms. The van der Waals surface area contributed by atoms with Gasteiger partial charge in [-0.2, -0.15) is 11.8 Å². The molecule has 1 atom stereocenters. The van der Waals surface area contributed by atoms with Gasteiger partial charge in [0.25, 0.3) is 0 Å². The quantitative estimate of drug-likeness (QED) is 0.842. The van der Waals surface area contributed by atoms with Crippen LogP contribution in [0.1, 0.15) is 31.8 Å². The maximum atomic E-state index is 4.29. The topological polar surface area (TPSA) is 24.9 Å². The highest BCUT2D eigenvalue weighted by atomic mass is 32.2. The molecule has 1 aromatic rings. The number of nitrogens with one attached hydrogen (secondary N) is 1. The largest absolute Gasteiger partial charge is 0.307 e. The lowest BCUT2D eigenvalue weighted by molar-refractivity contribution is 0.521. The molecule has 0 fully saturated rings. The van der Waals surface area contributed by atoms with Gasteiger partial charge in [-0.1, -0.05) is 0 Å². The minimum atomic E-state index is 0.297. The Balaban J connectivity index is 2.39. The number of hydrogen-bond donors (Lipinski definition) is 1. The molecule has 0 aliphatic carbocycles. The van der Waals surface area contributed by atoms with Gasteiger partial charge in [0.05, 0.1) is 6.04 Å². The monoisotopic (exact) mass is 230 g/mol. The van der Waals surface area contributed by atoms with Crippen molar-refractivity contribution in [2.24, 2.45) is 0 Å². The Morgan fingerprint density at radius 1 is 1.64 bits per heavy atom. The van der Waals surface area contributed by atoms with Crippen LogP contribution in [0.15, 0.2) is 11.6 Å². The third-order valence-corrected chi connectivity index (χ3v) is 4.42. The van der Waals surface area contributed by atoms with Crippen molar-refractivity contribution in [2.75, 3.05) is 12.8 Å². The fourth-order valence-electron chi connectivity index (χ4n) is 1.01. The molecule has 4 heteroatoms. The minimum Gasteiger partial charge on any atom is -0.307 e. The minimum absolute atomic E-state index is 0.297. The number of thioether (sulfide) groups is 1. The van der Waals surface area contributed by atoms with Crippen LogP contribution < -0.4 is 5.32 Å². The molecular formula is C10H18N2S2. The Bertz CT molecular complexity index is 257. The van der Waals surface area contributed by atoms with Gasteiger partial charge < -0.3 is 5.32 Å². The molecule has 2 nitrogen and oxygen atoms in total. The van der Waals surface area contributed by atoms with E-state index in [1.807, 2.05) is 23.3 Å². The maximum absolute atomic E-state index is 4.29. The van der Waals surface area contributed by atoms with E-state index < -0.39 is 0 Å². The Hall–Kier alpha value is -0.0600. The summed E-state index contributed by atoms with van der Waals surface area (Å²) in [5, 5.41) is 6.69. The van der Waals surface area contributed by atoms with E-state index in [-0.39, 0.29) is 0 Å². The van der Waals surface area contributed by atoms with Crippen LogP contribution in [0.5, 0.6) is 0 Å². The van der Waals surface area contributed by atoms with Crippen molar-refractivity contribution in [3.8, 4) is 0 Å². The molecular weight excluding hydrogens is 212 g/mol. The molecule has 0 aromatic carbocycles. The molecule has 1 unspecified atom stereocenters. The normalized spacial score (nSPS) is 14.3. The molecule has 0 saturated carbocycles. The van der Waals surface area contributed by atoms with Crippen molar-refractivity contribution in [1.82, 2.24) is 10.3 Å². The van der Waals surface area contributed by atoms with Crippen molar-refractivity contribution in [2.45, 2.75) is 31.6 Å². The van der Waals surface area contributed by atoms with Crippen LogP contribution in [0.3, 0.4) is 0 Å². The Morgan fingerprint density at radius 3 is 2.86 bits per heavy atom. The summed E-state index contributed by atoms with van der Waals surface area (Å²) in [6.07, 6.45) is 4.01. The van der Waals surface area contributed by atoms with Crippen molar-refractivity contribution >= 4 is 23.1 Å². The molecule has 0 aliphatic heterocycles. The van der Waals surface area contributed by atoms with Gasteiger partial charge >= 0.3 is 0 Å². The van der Waals surface area contributed by atoms with Crippen LogP contribution in [-0.4, -0.2) is 22.5 Å². The lowest BCUT2D eigenvalue weighted by Gasteiger charge is -2.24. The third-order valence-electron chi connectivity index (χ3n) is 2.21. The van der Waals surface area contributed by atoms with E-state index in [4.69, 9.17) is 0 Å². The zero-order valence-electron chi connectivity index (χ0n) is 9.20. The average molecular weight is 230 g/mol. The van der Waals surface area contributed by atoms with E-state index in [2.05, 4.69) is 37.3 Å². The lowest BCUT2D eigenvalue weighted by Crippen LogP contribution is -2.33. The van der Waals surface area contributed by atoms with Crippen molar-refractivity contribution in [1.29, 1.82) is 0 Å². The molecule has 1 aromatic heterocycles. The molecule has 0 radical (unpaired) electrons. The second-order valence-corrected chi connectivity index (χ2v) is 6.38. The van der Waals surface area contributed by atoms with Crippen molar-refractivity contribution < 1.29 is 0 Å². The molecule has 0 aliphatic rings. The van der Waals surface area contributed by atoms with E-state index in [0.29, 0.717) is 10.8 Å². The predicted molar refractivity (Wildman–Crippen MR) is 66.1 cm³/mol. The van der Waals surface area contributed by atoms with Crippen LogP contribution in [0, 0.1) is 0 Å². The standard InChI is InChI=1S/C10H18N2S2/c1-8(9-11-5-6-14-9)12-7-10(2,3)13-4/h5-6,8,12H,7H2,1-4H3. The predicted octanol–water partition coefficient (Wildman–Crippen LogP) is 2.94. The molecule has 1 heterocycles. The molecule has 0 saturated heterocycles. The van der Waals surface area contributed by atoms with E-state index in [9.17, 15) is 0 Å². The van der Waals surface area contributed by atoms with Crippen LogP contribution in [-0.2, 0) is 0 Å². The number of hydrogen-bond acceptors (Lipinski definition) is 4. The van der Waals surface area contributed by atoms with Gasteiger partial charge in [0, 0.05) is 22.9 Å². The summed E-state index contributed by atoms with van der Waals surface area (Å²) in [6.45, 7) is 7.67. The van der Waals surface area contributed by atoms with Crippen LogP contribution in [0.4, 0.5) is 0 Å². The van der Waals surface area contributed by atoms with Gasteiger partial charge in [-0.15, -0.1) is 11.3 Å². The van der Waals surface area contributed by atoms with Gasteiger partial charge in [-0.05, 0) is 27.0 Å². The number of rotatable bonds is 5. The summed E-state index contributed by atoms with van der Waals surface area (Å²) in [4.78, 5) is 4.29.